The predicted molar refractivity (Wildman–Crippen MR) is 60.6 cm³/mol. The minimum absolute atomic E-state index is 0.400. The average molecular weight is 251 g/mol. The van der Waals surface area contributed by atoms with Gasteiger partial charge < -0.3 is 5.11 Å². The lowest BCUT2D eigenvalue weighted by Crippen LogP contribution is -2.06. The van der Waals surface area contributed by atoms with Crippen molar-refractivity contribution in [1.29, 1.82) is 0 Å². The number of halogens is 2. The predicted octanol–water partition coefficient (Wildman–Crippen LogP) is 3.36. The van der Waals surface area contributed by atoms with E-state index in [0.717, 1.165) is 5.56 Å². The molecule has 0 aliphatic carbocycles. The van der Waals surface area contributed by atoms with Gasteiger partial charge in [-0.2, -0.15) is 12.6 Å². The highest BCUT2D eigenvalue weighted by Crippen LogP contribution is 2.32. The minimum Gasteiger partial charge on any atom is -0.480 e. The maximum atomic E-state index is 10.7. The number of carboxylic acid groups (broad SMARTS) is 1. The highest BCUT2D eigenvalue weighted by atomic mass is 35.5. The Morgan fingerprint density at radius 1 is 1.50 bits per heavy atom. The number of hydrogen-bond donors (Lipinski definition) is 2. The Morgan fingerprint density at radius 2 is 2.07 bits per heavy atom. The molecule has 5 heteroatoms. The van der Waals surface area contributed by atoms with Crippen LogP contribution in [0.3, 0.4) is 0 Å². The molecule has 2 nitrogen and oxygen atoms in total. The Morgan fingerprint density at radius 3 is 2.57 bits per heavy atom. The number of aliphatic carboxylic acids is 1. The molecule has 76 valence electrons. The van der Waals surface area contributed by atoms with E-state index >= 15 is 0 Å². The Labute approximate surface area is 97.2 Å². The van der Waals surface area contributed by atoms with Crippen molar-refractivity contribution in [3.63, 3.8) is 0 Å². The zero-order valence-corrected chi connectivity index (χ0v) is 9.70. The fraction of sp³-hybridized carbons (Fsp3) is 0.222. The number of carboxylic acids is 1. The van der Waals surface area contributed by atoms with E-state index in [1.54, 1.807) is 13.0 Å². The van der Waals surface area contributed by atoms with Gasteiger partial charge >= 0.3 is 5.97 Å². The Bertz CT molecular complexity index is 379. The van der Waals surface area contributed by atoms with E-state index in [9.17, 15) is 4.79 Å². The van der Waals surface area contributed by atoms with Gasteiger partial charge in [-0.25, -0.2) is 0 Å². The largest absolute Gasteiger partial charge is 0.480 e. The van der Waals surface area contributed by atoms with Crippen LogP contribution in [0.25, 0.3) is 0 Å². The van der Waals surface area contributed by atoms with Crippen molar-refractivity contribution in [2.75, 3.05) is 0 Å². The summed E-state index contributed by atoms with van der Waals surface area (Å²) in [6, 6.07) is 3.19. The highest BCUT2D eigenvalue weighted by Gasteiger charge is 2.19. The number of benzene rings is 1. The summed E-state index contributed by atoms with van der Waals surface area (Å²) in [7, 11) is 0. The summed E-state index contributed by atoms with van der Waals surface area (Å²) < 4.78 is 0. The van der Waals surface area contributed by atoms with Crippen molar-refractivity contribution in [1.82, 2.24) is 0 Å². The maximum absolute atomic E-state index is 10.7. The molecule has 0 saturated carbocycles. The van der Waals surface area contributed by atoms with Gasteiger partial charge in [-0.3, -0.25) is 4.79 Å². The zero-order valence-electron chi connectivity index (χ0n) is 7.29. The smallest absolute Gasteiger partial charge is 0.320 e. The molecule has 1 atom stereocenters. The minimum atomic E-state index is -1.04. The molecule has 0 aliphatic rings. The Kier molecular flexibility index (Phi) is 3.70. The van der Waals surface area contributed by atoms with E-state index in [1.165, 1.54) is 6.07 Å². The van der Waals surface area contributed by atoms with Gasteiger partial charge in [0.25, 0.3) is 0 Å². The second-order valence-electron chi connectivity index (χ2n) is 2.87. The van der Waals surface area contributed by atoms with E-state index in [0.29, 0.717) is 15.6 Å². The Hall–Kier alpha value is -0.380. The highest BCUT2D eigenvalue weighted by molar-refractivity contribution is 7.81. The summed E-state index contributed by atoms with van der Waals surface area (Å²) in [6.45, 7) is 1.76. The maximum Gasteiger partial charge on any atom is 0.320 e. The lowest BCUT2D eigenvalue weighted by molar-refractivity contribution is -0.136. The molecular weight excluding hydrogens is 243 g/mol. The first-order valence-electron chi connectivity index (χ1n) is 3.80. The van der Waals surface area contributed by atoms with E-state index in [4.69, 9.17) is 28.3 Å². The molecule has 1 aromatic rings. The molecule has 1 rings (SSSR count). The van der Waals surface area contributed by atoms with Gasteiger partial charge in [-0.15, -0.1) is 0 Å². The lowest BCUT2D eigenvalue weighted by atomic mass is 10.1. The van der Waals surface area contributed by atoms with Crippen LogP contribution in [0.2, 0.25) is 10.0 Å². The van der Waals surface area contributed by atoms with E-state index in [-0.39, 0.29) is 0 Å². The molecular formula is C9H8Cl2O2S. The molecule has 0 amide bonds. The average Bonchev–Trinajstić information content (AvgIpc) is 2.09. The summed E-state index contributed by atoms with van der Waals surface area (Å²) in [4.78, 5) is 10.7. The number of aryl methyl sites for hydroxylation is 1. The van der Waals surface area contributed by atoms with E-state index < -0.39 is 11.2 Å². The van der Waals surface area contributed by atoms with Gasteiger partial charge in [0.1, 0.15) is 5.25 Å². The van der Waals surface area contributed by atoms with Gasteiger partial charge in [0, 0.05) is 10.0 Å². The lowest BCUT2D eigenvalue weighted by Gasteiger charge is -2.10. The second-order valence-corrected chi connectivity index (χ2v) is 4.20. The quantitative estimate of drug-likeness (QED) is 0.791. The first kappa shape index (κ1) is 11.7. The summed E-state index contributed by atoms with van der Waals surface area (Å²) >= 11 is 15.7. The third kappa shape index (κ3) is 2.35. The van der Waals surface area contributed by atoms with Crippen molar-refractivity contribution in [3.8, 4) is 0 Å². The fourth-order valence-corrected chi connectivity index (χ4v) is 1.86. The number of hydrogen-bond acceptors (Lipinski definition) is 2. The first-order chi connectivity index (χ1) is 6.43. The molecule has 0 aliphatic heterocycles. The SMILES string of the molecule is Cc1cc(Cl)cc(C(S)C(=O)O)c1Cl. The van der Waals surface area contributed by atoms with Crippen LogP contribution in [-0.4, -0.2) is 11.1 Å². The number of carbonyl (C=O) groups is 1. The molecule has 0 bridgehead atoms. The number of rotatable bonds is 2. The standard InChI is InChI=1S/C9H8Cl2O2S/c1-4-2-5(10)3-6(7(4)11)8(14)9(12)13/h2-3,8,14H,1H3,(H,12,13). The molecule has 1 unspecified atom stereocenters. The fourth-order valence-electron chi connectivity index (χ4n) is 1.08. The van der Waals surface area contributed by atoms with Crippen molar-refractivity contribution in [2.24, 2.45) is 0 Å². The van der Waals surface area contributed by atoms with Crippen molar-refractivity contribution >= 4 is 41.8 Å². The molecule has 0 spiro atoms. The molecule has 1 N–H and O–H groups in total. The van der Waals surface area contributed by atoms with Crippen molar-refractivity contribution in [2.45, 2.75) is 12.2 Å². The third-order valence-corrected chi connectivity index (χ3v) is 3.01. The van der Waals surface area contributed by atoms with E-state index in [1.807, 2.05) is 0 Å². The topological polar surface area (TPSA) is 37.3 Å². The van der Waals surface area contributed by atoms with Gasteiger partial charge in [0.05, 0.1) is 0 Å². The Balaban J connectivity index is 3.26. The van der Waals surface area contributed by atoms with Gasteiger partial charge in [0.15, 0.2) is 0 Å². The second kappa shape index (κ2) is 4.43. The summed E-state index contributed by atoms with van der Waals surface area (Å²) in [5.74, 6) is -1.04. The van der Waals surface area contributed by atoms with Gasteiger partial charge in [-0.1, -0.05) is 23.2 Å². The summed E-state index contributed by atoms with van der Waals surface area (Å²) in [5.41, 5.74) is 1.17. The van der Waals surface area contributed by atoms with Crippen LogP contribution in [0, 0.1) is 6.92 Å². The van der Waals surface area contributed by atoms with E-state index in [2.05, 4.69) is 12.6 Å². The van der Waals surface area contributed by atoms with Crippen LogP contribution in [0.4, 0.5) is 0 Å². The normalized spacial score (nSPS) is 12.6. The molecule has 0 heterocycles. The van der Waals surface area contributed by atoms with Crippen LogP contribution in [-0.2, 0) is 4.79 Å². The van der Waals surface area contributed by atoms with Crippen LogP contribution in [0.1, 0.15) is 16.4 Å². The monoisotopic (exact) mass is 250 g/mol. The molecule has 0 aromatic heterocycles. The molecule has 0 radical (unpaired) electrons. The van der Waals surface area contributed by atoms with Crippen LogP contribution < -0.4 is 0 Å². The van der Waals surface area contributed by atoms with Crippen LogP contribution in [0.15, 0.2) is 12.1 Å². The molecule has 0 fully saturated rings. The van der Waals surface area contributed by atoms with Crippen LogP contribution in [0.5, 0.6) is 0 Å². The molecule has 14 heavy (non-hydrogen) atoms. The van der Waals surface area contributed by atoms with Crippen molar-refractivity contribution < 1.29 is 9.90 Å². The summed E-state index contributed by atoms with van der Waals surface area (Å²) in [6.07, 6.45) is 0. The molecule has 1 aromatic carbocycles. The van der Waals surface area contributed by atoms with Gasteiger partial charge in [-0.05, 0) is 30.2 Å². The van der Waals surface area contributed by atoms with Crippen LogP contribution >= 0.6 is 35.8 Å². The van der Waals surface area contributed by atoms with Crippen molar-refractivity contribution in [3.05, 3.63) is 33.3 Å². The zero-order chi connectivity index (χ0) is 10.9. The summed E-state index contributed by atoms with van der Waals surface area (Å²) in [5, 5.41) is 8.68. The first-order valence-corrected chi connectivity index (χ1v) is 5.07. The van der Waals surface area contributed by atoms with Gasteiger partial charge in [0.2, 0.25) is 0 Å². The number of thiol groups is 1. The molecule has 0 saturated heterocycles. The third-order valence-electron chi connectivity index (χ3n) is 1.78.